The predicted octanol–water partition coefficient (Wildman–Crippen LogP) is 2.28. The van der Waals surface area contributed by atoms with Crippen LogP contribution in [0.1, 0.15) is 12.0 Å². The summed E-state index contributed by atoms with van der Waals surface area (Å²) in [6.07, 6.45) is -2.48. The molecule has 0 atom stereocenters. The van der Waals surface area contributed by atoms with Crippen LogP contribution in [0.25, 0.3) is 0 Å². The minimum absolute atomic E-state index is 0.0544. The fourth-order valence-corrected chi connectivity index (χ4v) is 1.01. The Kier molecular flexibility index (Phi) is 3.13. The van der Waals surface area contributed by atoms with Gasteiger partial charge in [0.15, 0.2) is 5.11 Å². The number of thiocarbonyl (C=S) groups is 1. The quantitative estimate of drug-likeness (QED) is 0.722. The van der Waals surface area contributed by atoms with Crippen molar-refractivity contribution in [3.8, 4) is 0 Å². The molecular weight excluding hydrogens is 194 g/mol. The number of halogens is 2. The Morgan fingerprint density at radius 2 is 2.15 bits per heavy atom. The topological polar surface area (TPSA) is 38.0 Å². The molecule has 0 spiro atoms. The summed E-state index contributed by atoms with van der Waals surface area (Å²) < 4.78 is 24.4. The van der Waals surface area contributed by atoms with Gasteiger partial charge in [-0.2, -0.15) is 0 Å². The molecular formula is C8H8F2N2S. The van der Waals surface area contributed by atoms with Crippen LogP contribution in [-0.2, 0) is 0 Å². The lowest BCUT2D eigenvalue weighted by atomic mass is 10.2. The van der Waals surface area contributed by atoms with E-state index in [-0.39, 0.29) is 10.7 Å². The molecule has 0 saturated heterocycles. The van der Waals surface area contributed by atoms with Crippen LogP contribution in [-0.4, -0.2) is 5.11 Å². The van der Waals surface area contributed by atoms with Crippen molar-refractivity contribution in [2.24, 2.45) is 5.73 Å². The van der Waals surface area contributed by atoms with Crippen LogP contribution in [0, 0.1) is 0 Å². The number of hydrogen-bond acceptors (Lipinski definition) is 1. The number of alkyl halides is 2. The van der Waals surface area contributed by atoms with Crippen molar-refractivity contribution < 1.29 is 8.78 Å². The molecule has 13 heavy (non-hydrogen) atoms. The van der Waals surface area contributed by atoms with E-state index in [1.165, 1.54) is 18.2 Å². The highest BCUT2D eigenvalue weighted by molar-refractivity contribution is 7.80. The Hall–Kier alpha value is -1.23. The lowest BCUT2D eigenvalue weighted by Crippen LogP contribution is -2.18. The zero-order valence-corrected chi connectivity index (χ0v) is 7.44. The zero-order chi connectivity index (χ0) is 9.84. The fraction of sp³-hybridized carbons (Fsp3) is 0.125. The average Bonchev–Trinajstić information content (AvgIpc) is 2.03. The van der Waals surface area contributed by atoms with Crippen LogP contribution in [0.4, 0.5) is 14.5 Å². The first kappa shape index (κ1) is 9.85. The maximum Gasteiger partial charge on any atom is 0.263 e. The molecule has 1 aromatic carbocycles. The van der Waals surface area contributed by atoms with E-state index < -0.39 is 6.43 Å². The molecule has 5 heteroatoms. The van der Waals surface area contributed by atoms with E-state index in [0.717, 1.165) is 0 Å². The molecule has 0 aliphatic rings. The molecule has 0 aliphatic heterocycles. The van der Waals surface area contributed by atoms with E-state index in [4.69, 9.17) is 5.73 Å². The number of nitrogens with one attached hydrogen (secondary N) is 1. The van der Waals surface area contributed by atoms with Crippen LogP contribution in [0.5, 0.6) is 0 Å². The summed E-state index contributed by atoms with van der Waals surface area (Å²) in [7, 11) is 0. The maximum atomic E-state index is 12.2. The molecule has 0 fully saturated rings. The standard InChI is InChI=1S/C8H8F2N2S/c9-7(10)5-2-1-3-6(4-5)12-8(11)13/h1-4,7H,(H3,11,12,13). The number of anilines is 1. The van der Waals surface area contributed by atoms with E-state index in [0.29, 0.717) is 5.69 Å². The molecule has 0 heterocycles. The summed E-state index contributed by atoms with van der Waals surface area (Å²) in [6.45, 7) is 0. The SMILES string of the molecule is NC(=S)Nc1cccc(C(F)F)c1. The molecule has 2 nitrogen and oxygen atoms in total. The molecule has 0 aliphatic carbocycles. The van der Waals surface area contributed by atoms with Gasteiger partial charge in [-0.1, -0.05) is 12.1 Å². The summed E-state index contributed by atoms with van der Waals surface area (Å²) in [5.74, 6) is 0. The van der Waals surface area contributed by atoms with Crippen molar-refractivity contribution in [3.05, 3.63) is 29.8 Å². The number of nitrogens with two attached hydrogens (primary N) is 1. The summed E-state index contributed by atoms with van der Waals surface area (Å²) in [6, 6.07) is 5.78. The van der Waals surface area contributed by atoms with Gasteiger partial charge in [0.25, 0.3) is 6.43 Å². The van der Waals surface area contributed by atoms with Gasteiger partial charge in [-0.05, 0) is 24.4 Å². The van der Waals surface area contributed by atoms with E-state index >= 15 is 0 Å². The number of benzene rings is 1. The molecule has 0 bridgehead atoms. The minimum atomic E-state index is -2.48. The monoisotopic (exact) mass is 202 g/mol. The van der Waals surface area contributed by atoms with Crippen LogP contribution in [0.2, 0.25) is 0 Å². The molecule has 0 saturated carbocycles. The second-order valence-corrected chi connectivity index (χ2v) is 2.86. The van der Waals surface area contributed by atoms with Crippen LogP contribution >= 0.6 is 12.2 Å². The second kappa shape index (κ2) is 4.13. The van der Waals surface area contributed by atoms with Gasteiger partial charge in [0, 0.05) is 11.3 Å². The Bertz CT molecular complexity index is 315. The Balaban J connectivity index is 2.85. The van der Waals surface area contributed by atoms with Gasteiger partial charge < -0.3 is 11.1 Å². The fourth-order valence-electron chi connectivity index (χ4n) is 0.894. The Morgan fingerprint density at radius 1 is 1.46 bits per heavy atom. The van der Waals surface area contributed by atoms with E-state index in [9.17, 15) is 8.78 Å². The predicted molar refractivity (Wildman–Crippen MR) is 51.8 cm³/mol. The van der Waals surface area contributed by atoms with Crippen molar-refractivity contribution in [1.29, 1.82) is 0 Å². The highest BCUT2D eigenvalue weighted by atomic mass is 32.1. The average molecular weight is 202 g/mol. The summed E-state index contributed by atoms with van der Waals surface area (Å²) in [4.78, 5) is 0. The molecule has 0 unspecified atom stereocenters. The first-order chi connectivity index (χ1) is 6.09. The molecule has 0 radical (unpaired) electrons. The highest BCUT2D eigenvalue weighted by Crippen LogP contribution is 2.21. The lowest BCUT2D eigenvalue weighted by Gasteiger charge is -2.05. The van der Waals surface area contributed by atoms with Crippen molar-refractivity contribution in [2.75, 3.05) is 5.32 Å². The van der Waals surface area contributed by atoms with Crippen LogP contribution in [0.3, 0.4) is 0 Å². The van der Waals surface area contributed by atoms with Gasteiger partial charge in [0.2, 0.25) is 0 Å². The maximum absolute atomic E-state index is 12.2. The molecule has 0 amide bonds. The van der Waals surface area contributed by atoms with Crippen LogP contribution < -0.4 is 11.1 Å². The zero-order valence-electron chi connectivity index (χ0n) is 6.63. The van der Waals surface area contributed by atoms with E-state index in [1.807, 2.05) is 0 Å². The summed E-state index contributed by atoms with van der Waals surface area (Å²) in [5.41, 5.74) is 5.61. The van der Waals surface area contributed by atoms with E-state index in [1.54, 1.807) is 6.07 Å². The third kappa shape index (κ3) is 2.95. The second-order valence-electron chi connectivity index (χ2n) is 2.42. The number of hydrogen-bond donors (Lipinski definition) is 2. The first-order valence-corrected chi connectivity index (χ1v) is 3.95. The lowest BCUT2D eigenvalue weighted by molar-refractivity contribution is 0.151. The van der Waals surface area contributed by atoms with Gasteiger partial charge in [0.05, 0.1) is 0 Å². The third-order valence-corrected chi connectivity index (χ3v) is 1.51. The highest BCUT2D eigenvalue weighted by Gasteiger charge is 2.06. The van der Waals surface area contributed by atoms with Gasteiger partial charge in [0.1, 0.15) is 0 Å². The first-order valence-electron chi connectivity index (χ1n) is 3.54. The normalized spacial score (nSPS) is 10.1. The minimum Gasteiger partial charge on any atom is -0.376 e. The van der Waals surface area contributed by atoms with Gasteiger partial charge in [-0.25, -0.2) is 8.78 Å². The van der Waals surface area contributed by atoms with Crippen LogP contribution in [0.15, 0.2) is 24.3 Å². The molecule has 1 rings (SSSR count). The summed E-state index contributed by atoms with van der Waals surface area (Å²) >= 11 is 4.57. The molecule has 70 valence electrons. The van der Waals surface area contributed by atoms with Gasteiger partial charge >= 0.3 is 0 Å². The van der Waals surface area contributed by atoms with Gasteiger partial charge in [-0.3, -0.25) is 0 Å². The van der Waals surface area contributed by atoms with Crippen molar-refractivity contribution in [2.45, 2.75) is 6.43 Å². The van der Waals surface area contributed by atoms with Gasteiger partial charge in [-0.15, -0.1) is 0 Å². The third-order valence-electron chi connectivity index (χ3n) is 1.41. The smallest absolute Gasteiger partial charge is 0.263 e. The molecule has 0 aromatic heterocycles. The van der Waals surface area contributed by atoms with Crippen molar-refractivity contribution in [3.63, 3.8) is 0 Å². The Labute approximate surface area is 79.7 Å². The van der Waals surface area contributed by atoms with Crippen molar-refractivity contribution in [1.82, 2.24) is 0 Å². The van der Waals surface area contributed by atoms with E-state index in [2.05, 4.69) is 17.5 Å². The Morgan fingerprint density at radius 3 is 2.69 bits per heavy atom. The number of rotatable bonds is 2. The largest absolute Gasteiger partial charge is 0.376 e. The molecule has 3 N–H and O–H groups in total. The summed E-state index contributed by atoms with van der Waals surface area (Å²) in [5, 5.41) is 2.64. The molecule has 1 aromatic rings. The van der Waals surface area contributed by atoms with Crippen molar-refractivity contribution >= 4 is 23.0 Å².